The number of carbonyl (C=O) groups is 1. The SMILES string of the molecule is O=C(Nc1nc2ccccc2[nH]1)[C@@H](Cc1ccccc1)NS(=O)(=O)c1ccccc1F. The van der Waals surface area contributed by atoms with E-state index in [2.05, 4.69) is 20.0 Å². The lowest BCUT2D eigenvalue weighted by Crippen LogP contribution is -2.45. The van der Waals surface area contributed by atoms with Gasteiger partial charge in [0.2, 0.25) is 21.9 Å². The van der Waals surface area contributed by atoms with Gasteiger partial charge in [-0.1, -0.05) is 54.6 Å². The van der Waals surface area contributed by atoms with Crippen molar-refractivity contribution in [2.24, 2.45) is 0 Å². The van der Waals surface area contributed by atoms with Gasteiger partial charge in [0.25, 0.3) is 0 Å². The van der Waals surface area contributed by atoms with E-state index in [4.69, 9.17) is 0 Å². The van der Waals surface area contributed by atoms with Crippen LogP contribution < -0.4 is 10.0 Å². The molecule has 0 bridgehead atoms. The highest BCUT2D eigenvalue weighted by Gasteiger charge is 2.28. The maximum Gasteiger partial charge on any atom is 0.245 e. The number of H-pyrrole nitrogens is 1. The van der Waals surface area contributed by atoms with E-state index in [0.29, 0.717) is 5.52 Å². The second kappa shape index (κ2) is 8.66. The average molecular weight is 438 g/mol. The predicted molar refractivity (Wildman–Crippen MR) is 115 cm³/mol. The van der Waals surface area contributed by atoms with Gasteiger partial charge in [-0.05, 0) is 36.2 Å². The minimum absolute atomic E-state index is 0.0700. The summed E-state index contributed by atoms with van der Waals surface area (Å²) in [5.74, 6) is -1.33. The van der Waals surface area contributed by atoms with Crippen LogP contribution in [0.2, 0.25) is 0 Å². The molecule has 1 aromatic heterocycles. The molecule has 1 atom stereocenters. The molecule has 0 saturated carbocycles. The highest BCUT2D eigenvalue weighted by atomic mass is 32.2. The maximum atomic E-state index is 14.1. The molecule has 1 amide bonds. The Bertz CT molecular complexity index is 1290. The van der Waals surface area contributed by atoms with Gasteiger partial charge in [-0.3, -0.25) is 10.1 Å². The Kier molecular flexibility index (Phi) is 5.79. The monoisotopic (exact) mass is 438 g/mol. The summed E-state index contributed by atoms with van der Waals surface area (Å²) < 4.78 is 42.0. The van der Waals surface area contributed by atoms with Crippen LogP contribution in [-0.4, -0.2) is 30.3 Å². The van der Waals surface area contributed by atoms with Crippen LogP contribution in [0.3, 0.4) is 0 Å². The third-order valence-electron chi connectivity index (χ3n) is 4.65. The standard InChI is InChI=1S/C22H19FN4O3S/c23-16-10-4-7-13-20(16)31(29,30)27-19(14-15-8-2-1-3-9-15)21(28)26-22-24-17-11-5-6-12-18(17)25-22/h1-13,19,27H,14H2,(H2,24,25,26,28)/t19-/m1/s1. The molecule has 4 aromatic rings. The summed E-state index contributed by atoms with van der Waals surface area (Å²) in [6.07, 6.45) is 0.0700. The largest absolute Gasteiger partial charge is 0.324 e. The third-order valence-corrected chi connectivity index (χ3v) is 6.16. The number of hydrogen-bond donors (Lipinski definition) is 3. The molecule has 0 aliphatic heterocycles. The van der Waals surface area contributed by atoms with Crippen LogP contribution in [0.1, 0.15) is 5.56 Å². The number of fused-ring (bicyclic) bond motifs is 1. The normalized spacial score (nSPS) is 12.5. The minimum Gasteiger partial charge on any atom is -0.324 e. The molecule has 7 nitrogen and oxygen atoms in total. The molecule has 0 radical (unpaired) electrons. The van der Waals surface area contributed by atoms with E-state index in [1.807, 2.05) is 18.2 Å². The number of aromatic nitrogens is 2. The molecular weight excluding hydrogens is 419 g/mol. The summed E-state index contributed by atoms with van der Waals surface area (Å²) >= 11 is 0. The zero-order valence-corrected chi connectivity index (χ0v) is 17.1. The molecule has 4 rings (SSSR count). The molecule has 3 N–H and O–H groups in total. The number of sulfonamides is 1. The van der Waals surface area contributed by atoms with E-state index in [1.165, 1.54) is 12.1 Å². The first-order chi connectivity index (χ1) is 14.9. The summed E-state index contributed by atoms with van der Waals surface area (Å²) in [5, 5.41) is 2.61. The number of carbonyl (C=O) groups excluding carboxylic acids is 1. The molecule has 9 heteroatoms. The number of nitrogens with one attached hydrogen (secondary N) is 3. The molecule has 0 unspecified atom stereocenters. The van der Waals surface area contributed by atoms with Crippen LogP contribution in [0.4, 0.5) is 10.3 Å². The number of para-hydroxylation sites is 2. The van der Waals surface area contributed by atoms with E-state index in [0.717, 1.165) is 23.2 Å². The summed E-state index contributed by atoms with van der Waals surface area (Å²) in [7, 11) is -4.29. The van der Waals surface area contributed by atoms with E-state index < -0.39 is 32.7 Å². The molecule has 0 aliphatic rings. The van der Waals surface area contributed by atoms with Crippen molar-refractivity contribution in [3.8, 4) is 0 Å². The smallest absolute Gasteiger partial charge is 0.245 e. The van der Waals surface area contributed by atoms with Gasteiger partial charge in [-0.15, -0.1) is 0 Å². The molecule has 158 valence electrons. The van der Waals surface area contributed by atoms with E-state index in [-0.39, 0.29) is 12.4 Å². The number of benzene rings is 3. The van der Waals surface area contributed by atoms with Gasteiger partial charge >= 0.3 is 0 Å². The Morgan fingerprint density at radius 1 is 0.968 bits per heavy atom. The molecular formula is C22H19FN4O3S. The van der Waals surface area contributed by atoms with Gasteiger partial charge in [0.05, 0.1) is 11.0 Å². The van der Waals surface area contributed by atoms with Crippen LogP contribution in [0.25, 0.3) is 11.0 Å². The van der Waals surface area contributed by atoms with E-state index >= 15 is 0 Å². The van der Waals surface area contributed by atoms with Gasteiger partial charge < -0.3 is 4.98 Å². The zero-order chi connectivity index (χ0) is 21.8. The first-order valence-electron chi connectivity index (χ1n) is 9.49. The van der Waals surface area contributed by atoms with Gasteiger partial charge in [0.15, 0.2) is 0 Å². The van der Waals surface area contributed by atoms with Crippen LogP contribution in [0.5, 0.6) is 0 Å². The van der Waals surface area contributed by atoms with Crippen molar-refractivity contribution in [3.63, 3.8) is 0 Å². The lowest BCUT2D eigenvalue weighted by molar-refractivity contribution is -0.117. The predicted octanol–water partition coefficient (Wildman–Crippen LogP) is 3.23. The second-order valence-electron chi connectivity index (χ2n) is 6.89. The number of amides is 1. The number of anilines is 1. The van der Waals surface area contributed by atoms with Crippen LogP contribution in [-0.2, 0) is 21.2 Å². The van der Waals surface area contributed by atoms with Gasteiger partial charge in [-0.2, -0.15) is 4.72 Å². The quantitative estimate of drug-likeness (QED) is 0.412. The maximum absolute atomic E-state index is 14.1. The molecule has 0 aliphatic carbocycles. The Hall–Kier alpha value is -3.56. The Labute approximate surface area is 178 Å². The number of nitrogens with zero attached hydrogens (tertiary/aromatic N) is 1. The fourth-order valence-electron chi connectivity index (χ4n) is 3.17. The fraction of sp³-hybridized carbons (Fsp3) is 0.0909. The lowest BCUT2D eigenvalue weighted by atomic mass is 10.1. The second-order valence-corrected chi connectivity index (χ2v) is 8.57. The summed E-state index contributed by atoms with van der Waals surface area (Å²) in [6, 6.07) is 20.0. The van der Waals surface area contributed by atoms with Crippen LogP contribution in [0, 0.1) is 5.82 Å². The number of hydrogen-bond acceptors (Lipinski definition) is 4. The molecule has 31 heavy (non-hydrogen) atoms. The van der Waals surface area contributed by atoms with Gasteiger partial charge in [0, 0.05) is 0 Å². The topological polar surface area (TPSA) is 104 Å². The van der Waals surface area contributed by atoms with Gasteiger partial charge in [0.1, 0.15) is 16.8 Å². The number of rotatable bonds is 7. The number of imidazole rings is 1. The van der Waals surface area contributed by atoms with Gasteiger partial charge in [-0.25, -0.2) is 17.8 Å². The van der Waals surface area contributed by atoms with Crippen molar-refractivity contribution >= 4 is 32.9 Å². The van der Waals surface area contributed by atoms with Crippen molar-refractivity contribution in [2.45, 2.75) is 17.4 Å². The molecule has 0 spiro atoms. The average Bonchev–Trinajstić information content (AvgIpc) is 3.16. The molecule has 3 aromatic carbocycles. The van der Waals surface area contributed by atoms with Crippen molar-refractivity contribution < 1.29 is 17.6 Å². The Balaban J connectivity index is 1.61. The van der Waals surface area contributed by atoms with E-state index in [9.17, 15) is 17.6 Å². The molecule has 1 heterocycles. The Morgan fingerprint density at radius 3 is 2.39 bits per heavy atom. The van der Waals surface area contributed by atoms with Crippen molar-refractivity contribution in [1.29, 1.82) is 0 Å². The zero-order valence-electron chi connectivity index (χ0n) is 16.2. The summed E-state index contributed by atoms with van der Waals surface area (Å²) in [4.78, 5) is 19.7. The Morgan fingerprint density at radius 2 is 1.65 bits per heavy atom. The summed E-state index contributed by atoms with van der Waals surface area (Å²) in [5.41, 5.74) is 2.12. The highest BCUT2D eigenvalue weighted by Crippen LogP contribution is 2.17. The van der Waals surface area contributed by atoms with E-state index in [1.54, 1.807) is 36.4 Å². The number of aromatic amines is 1. The molecule has 0 fully saturated rings. The highest BCUT2D eigenvalue weighted by molar-refractivity contribution is 7.89. The van der Waals surface area contributed by atoms with Crippen molar-refractivity contribution in [2.75, 3.05) is 5.32 Å². The molecule has 0 saturated heterocycles. The van der Waals surface area contributed by atoms with Crippen molar-refractivity contribution in [3.05, 3.63) is 90.2 Å². The minimum atomic E-state index is -4.29. The number of halogens is 1. The third kappa shape index (κ3) is 4.79. The van der Waals surface area contributed by atoms with Crippen LogP contribution in [0.15, 0.2) is 83.8 Å². The lowest BCUT2D eigenvalue weighted by Gasteiger charge is -2.18. The first-order valence-corrected chi connectivity index (χ1v) is 11.0. The van der Waals surface area contributed by atoms with Crippen molar-refractivity contribution in [1.82, 2.24) is 14.7 Å². The summed E-state index contributed by atoms with van der Waals surface area (Å²) in [6.45, 7) is 0. The first kappa shape index (κ1) is 20.7. The van der Waals surface area contributed by atoms with Crippen LogP contribution >= 0.6 is 0 Å². The fourth-order valence-corrected chi connectivity index (χ4v) is 4.44.